The second-order valence-corrected chi connectivity index (χ2v) is 6.67. The first-order valence-electron chi connectivity index (χ1n) is 7.96. The Labute approximate surface area is 140 Å². The number of hydrogen-bond acceptors (Lipinski definition) is 3. The minimum Gasteiger partial charge on any atom is -0.356 e. The third-order valence-electron chi connectivity index (χ3n) is 4.03. The fourth-order valence-electron chi connectivity index (χ4n) is 2.77. The van der Waals surface area contributed by atoms with Crippen LogP contribution in [-0.2, 0) is 11.3 Å². The van der Waals surface area contributed by atoms with Crippen LogP contribution >= 0.6 is 11.8 Å². The molecule has 1 aromatic carbocycles. The second-order valence-electron chi connectivity index (χ2n) is 5.62. The maximum absolute atomic E-state index is 11.8. The van der Waals surface area contributed by atoms with Crippen LogP contribution in [0.3, 0.4) is 0 Å². The molecular weight excluding hydrogens is 310 g/mol. The second kappa shape index (κ2) is 7.55. The number of para-hydroxylation sites is 1. The van der Waals surface area contributed by atoms with Gasteiger partial charge >= 0.3 is 0 Å². The smallest absolute Gasteiger partial charge is 0.281 e. The normalized spacial score (nSPS) is 14.6. The van der Waals surface area contributed by atoms with Crippen LogP contribution in [0.4, 0.5) is 4.79 Å². The van der Waals surface area contributed by atoms with Crippen LogP contribution in [0, 0.1) is 0 Å². The number of aryl methyl sites for hydroxylation is 1. The van der Waals surface area contributed by atoms with Gasteiger partial charge in [0.25, 0.3) is 5.24 Å². The lowest BCUT2D eigenvalue weighted by molar-refractivity contribution is -0.121. The number of nitrogens with one attached hydrogen (secondary N) is 1. The van der Waals surface area contributed by atoms with Crippen molar-refractivity contribution in [1.29, 1.82) is 0 Å². The zero-order chi connectivity index (χ0) is 16.1. The Morgan fingerprint density at radius 1 is 1.22 bits per heavy atom. The summed E-state index contributed by atoms with van der Waals surface area (Å²) in [5.41, 5.74) is 1.23. The molecule has 2 amide bonds. The van der Waals surface area contributed by atoms with Crippen LogP contribution in [0.25, 0.3) is 10.9 Å². The molecule has 0 aliphatic carbocycles. The summed E-state index contributed by atoms with van der Waals surface area (Å²) >= 11 is 1.33. The quantitative estimate of drug-likeness (QED) is 0.794. The van der Waals surface area contributed by atoms with E-state index in [2.05, 4.69) is 34.3 Å². The van der Waals surface area contributed by atoms with Crippen LogP contribution in [0.15, 0.2) is 36.5 Å². The summed E-state index contributed by atoms with van der Waals surface area (Å²) in [5, 5.41) is 4.27. The van der Waals surface area contributed by atoms with Gasteiger partial charge in [0.15, 0.2) is 0 Å². The third-order valence-corrected chi connectivity index (χ3v) is 4.92. The molecule has 2 heterocycles. The number of carbonyl (C=O) groups is 2. The largest absolute Gasteiger partial charge is 0.356 e. The van der Waals surface area contributed by atoms with E-state index in [9.17, 15) is 9.59 Å². The van der Waals surface area contributed by atoms with Crippen LogP contribution in [0.1, 0.15) is 12.8 Å². The lowest BCUT2D eigenvalue weighted by Gasteiger charge is -2.14. The van der Waals surface area contributed by atoms with Gasteiger partial charge in [-0.2, -0.15) is 0 Å². The maximum Gasteiger partial charge on any atom is 0.281 e. The number of nitrogens with zero attached hydrogens (tertiary/aromatic N) is 2. The number of carbonyl (C=O) groups excluding carboxylic acids is 2. The Balaban J connectivity index is 1.36. The van der Waals surface area contributed by atoms with E-state index in [1.165, 1.54) is 22.7 Å². The zero-order valence-corrected chi connectivity index (χ0v) is 13.8. The van der Waals surface area contributed by atoms with Crippen molar-refractivity contribution in [2.75, 3.05) is 25.4 Å². The number of fused-ring (bicyclic) bond motifs is 1. The molecule has 122 valence electrons. The molecular formula is C17H21N3O2S. The van der Waals surface area contributed by atoms with Crippen molar-refractivity contribution in [2.45, 2.75) is 19.4 Å². The molecule has 1 fully saturated rings. The number of amides is 2. The first kappa shape index (κ1) is 15.9. The molecule has 0 saturated carbocycles. The van der Waals surface area contributed by atoms with Crippen molar-refractivity contribution in [3.8, 4) is 0 Å². The van der Waals surface area contributed by atoms with Crippen molar-refractivity contribution < 1.29 is 9.59 Å². The molecule has 1 N–H and O–H groups in total. The summed E-state index contributed by atoms with van der Waals surface area (Å²) in [6.07, 6.45) is 3.37. The Hall–Kier alpha value is -1.95. The SMILES string of the molecule is O=C(CCN1CCSC1=O)NCCCn1ccc2ccccc21. The Morgan fingerprint density at radius 3 is 2.91 bits per heavy atom. The van der Waals surface area contributed by atoms with Crippen LogP contribution < -0.4 is 5.32 Å². The summed E-state index contributed by atoms with van der Waals surface area (Å²) in [6, 6.07) is 10.4. The molecule has 5 nitrogen and oxygen atoms in total. The van der Waals surface area contributed by atoms with Gasteiger partial charge in [0.1, 0.15) is 0 Å². The van der Waals surface area contributed by atoms with Crippen molar-refractivity contribution in [3.63, 3.8) is 0 Å². The van der Waals surface area contributed by atoms with Crippen LogP contribution in [0.5, 0.6) is 0 Å². The highest BCUT2D eigenvalue weighted by Crippen LogP contribution is 2.17. The highest BCUT2D eigenvalue weighted by atomic mass is 32.2. The van der Waals surface area contributed by atoms with E-state index in [1.54, 1.807) is 4.90 Å². The number of rotatable bonds is 7. The molecule has 6 heteroatoms. The summed E-state index contributed by atoms with van der Waals surface area (Å²) < 4.78 is 2.21. The molecule has 0 unspecified atom stereocenters. The van der Waals surface area contributed by atoms with E-state index < -0.39 is 0 Å². The first-order valence-corrected chi connectivity index (χ1v) is 8.95. The Bertz CT molecular complexity index is 698. The molecule has 0 radical (unpaired) electrons. The molecule has 0 bridgehead atoms. The van der Waals surface area contributed by atoms with Gasteiger partial charge in [0, 0.05) is 50.1 Å². The summed E-state index contributed by atoms with van der Waals surface area (Å²) in [6.45, 7) is 2.83. The van der Waals surface area contributed by atoms with Gasteiger partial charge in [-0.05, 0) is 23.9 Å². The highest BCUT2D eigenvalue weighted by Gasteiger charge is 2.21. The standard InChI is InChI=1S/C17H21N3O2S/c21-16(7-11-20-12-13-23-17(20)22)18-8-3-9-19-10-6-14-4-1-2-5-15(14)19/h1-2,4-6,10H,3,7-9,11-13H2,(H,18,21). The summed E-state index contributed by atoms with van der Waals surface area (Å²) in [7, 11) is 0. The van der Waals surface area contributed by atoms with Crippen LogP contribution in [-0.4, -0.2) is 46.0 Å². The van der Waals surface area contributed by atoms with E-state index in [4.69, 9.17) is 0 Å². The van der Waals surface area contributed by atoms with Crippen molar-refractivity contribution in [3.05, 3.63) is 36.5 Å². The lowest BCUT2D eigenvalue weighted by atomic mass is 10.2. The van der Waals surface area contributed by atoms with Crippen molar-refractivity contribution >= 4 is 33.8 Å². The van der Waals surface area contributed by atoms with E-state index in [0.29, 0.717) is 19.5 Å². The average molecular weight is 331 g/mol. The van der Waals surface area contributed by atoms with Gasteiger partial charge in [-0.1, -0.05) is 30.0 Å². The van der Waals surface area contributed by atoms with Gasteiger partial charge in [-0.3, -0.25) is 9.59 Å². The van der Waals surface area contributed by atoms with Crippen LogP contribution in [0.2, 0.25) is 0 Å². The lowest BCUT2D eigenvalue weighted by Crippen LogP contribution is -2.31. The van der Waals surface area contributed by atoms with E-state index in [-0.39, 0.29) is 11.1 Å². The van der Waals surface area contributed by atoms with Gasteiger partial charge in [-0.25, -0.2) is 0 Å². The number of benzene rings is 1. The molecule has 0 atom stereocenters. The number of thioether (sulfide) groups is 1. The molecule has 1 aromatic heterocycles. The number of hydrogen-bond donors (Lipinski definition) is 1. The molecule has 1 saturated heterocycles. The molecule has 23 heavy (non-hydrogen) atoms. The monoisotopic (exact) mass is 331 g/mol. The number of aromatic nitrogens is 1. The van der Waals surface area contributed by atoms with Crippen molar-refractivity contribution in [2.24, 2.45) is 0 Å². The Kier molecular flexibility index (Phi) is 5.23. The highest BCUT2D eigenvalue weighted by molar-refractivity contribution is 8.13. The predicted octanol–water partition coefficient (Wildman–Crippen LogP) is 2.71. The van der Waals surface area contributed by atoms with E-state index in [1.807, 2.05) is 12.1 Å². The topological polar surface area (TPSA) is 54.3 Å². The molecule has 1 aliphatic rings. The molecule has 3 rings (SSSR count). The molecule has 2 aromatic rings. The van der Waals surface area contributed by atoms with E-state index >= 15 is 0 Å². The third kappa shape index (κ3) is 4.07. The predicted molar refractivity (Wildman–Crippen MR) is 93.6 cm³/mol. The van der Waals surface area contributed by atoms with Crippen molar-refractivity contribution in [1.82, 2.24) is 14.8 Å². The van der Waals surface area contributed by atoms with Gasteiger partial charge in [-0.15, -0.1) is 0 Å². The zero-order valence-electron chi connectivity index (χ0n) is 13.0. The minimum absolute atomic E-state index is 0.0204. The van der Waals surface area contributed by atoms with E-state index in [0.717, 1.165) is 25.3 Å². The fourth-order valence-corrected chi connectivity index (χ4v) is 3.62. The fraction of sp³-hybridized carbons (Fsp3) is 0.412. The molecule has 1 aliphatic heterocycles. The van der Waals surface area contributed by atoms with Gasteiger partial charge in [0.2, 0.25) is 5.91 Å². The first-order chi connectivity index (χ1) is 11.2. The van der Waals surface area contributed by atoms with Gasteiger partial charge < -0.3 is 14.8 Å². The summed E-state index contributed by atoms with van der Waals surface area (Å²) in [5.74, 6) is 0.859. The maximum atomic E-state index is 11.8. The average Bonchev–Trinajstić information content (AvgIpc) is 3.16. The minimum atomic E-state index is 0.0204. The molecule has 0 spiro atoms. The summed E-state index contributed by atoms with van der Waals surface area (Å²) in [4.78, 5) is 25.0. The Morgan fingerprint density at radius 2 is 2.09 bits per heavy atom. The van der Waals surface area contributed by atoms with Gasteiger partial charge in [0.05, 0.1) is 0 Å².